The first-order valence-electron chi connectivity index (χ1n) is 9.67. The number of aromatic nitrogens is 2. The molecule has 1 aromatic rings. The summed E-state index contributed by atoms with van der Waals surface area (Å²) in [6.07, 6.45) is 4.16. The van der Waals surface area contributed by atoms with E-state index in [9.17, 15) is 19.5 Å². The Morgan fingerprint density at radius 1 is 1.40 bits per heavy atom. The third-order valence-corrected chi connectivity index (χ3v) is 4.93. The van der Waals surface area contributed by atoms with E-state index in [1.807, 2.05) is 0 Å². The van der Waals surface area contributed by atoms with Crippen molar-refractivity contribution in [3.63, 3.8) is 0 Å². The van der Waals surface area contributed by atoms with Crippen molar-refractivity contribution >= 4 is 24.4 Å². The molecule has 5 N–H and O–H groups in total. The third kappa shape index (κ3) is 7.03. The molecule has 0 unspecified atom stereocenters. The number of rotatable bonds is 7. The van der Waals surface area contributed by atoms with Crippen LogP contribution < -0.4 is 10.6 Å². The number of imidazole rings is 1. The van der Waals surface area contributed by atoms with Gasteiger partial charge in [-0.05, 0) is 19.3 Å². The second-order valence-electron chi connectivity index (χ2n) is 6.97. The van der Waals surface area contributed by atoms with Gasteiger partial charge in [0.1, 0.15) is 19.0 Å². The first-order chi connectivity index (χ1) is 14.4. The molecular weight excluding hydrogens is 398 g/mol. The maximum atomic E-state index is 12.4. The normalized spacial score (nSPS) is 23.0. The van der Waals surface area contributed by atoms with Crippen molar-refractivity contribution in [2.45, 2.75) is 37.8 Å². The molecule has 2 aliphatic rings. The summed E-state index contributed by atoms with van der Waals surface area (Å²) in [4.78, 5) is 52.7. The van der Waals surface area contributed by atoms with Crippen LogP contribution in [0.15, 0.2) is 12.4 Å². The molecule has 0 spiro atoms. The predicted octanol–water partition coefficient (Wildman–Crippen LogP) is -1.13. The number of ether oxygens (including phenoxy) is 1. The van der Waals surface area contributed by atoms with Crippen molar-refractivity contribution in [1.29, 1.82) is 0 Å². The smallest absolute Gasteiger partial charge is 0.410 e. The Hall–Kier alpha value is -3.15. The third-order valence-electron chi connectivity index (χ3n) is 4.93. The van der Waals surface area contributed by atoms with E-state index in [0.717, 1.165) is 5.82 Å². The summed E-state index contributed by atoms with van der Waals surface area (Å²) in [7, 11) is 0. The van der Waals surface area contributed by atoms with Crippen molar-refractivity contribution in [2.75, 3.05) is 26.2 Å². The first kappa shape index (κ1) is 23.1. The van der Waals surface area contributed by atoms with Crippen LogP contribution >= 0.6 is 0 Å². The average Bonchev–Trinajstić information content (AvgIpc) is 3.36. The lowest BCUT2D eigenvalue weighted by Crippen LogP contribution is -2.51. The van der Waals surface area contributed by atoms with Gasteiger partial charge in [0.2, 0.25) is 11.8 Å². The van der Waals surface area contributed by atoms with Gasteiger partial charge in [-0.1, -0.05) is 0 Å². The van der Waals surface area contributed by atoms with Crippen LogP contribution in [0.5, 0.6) is 0 Å². The second-order valence-corrected chi connectivity index (χ2v) is 6.97. The van der Waals surface area contributed by atoms with Crippen LogP contribution in [0.4, 0.5) is 4.79 Å². The van der Waals surface area contributed by atoms with Gasteiger partial charge < -0.3 is 30.6 Å². The molecule has 0 aromatic carbocycles. The zero-order valence-corrected chi connectivity index (χ0v) is 16.5. The topological polar surface area (TPSA) is 174 Å². The van der Waals surface area contributed by atoms with Crippen molar-refractivity contribution in [3.05, 3.63) is 18.2 Å². The molecule has 1 saturated carbocycles. The Balaban J connectivity index is 0.00000101. The second kappa shape index (κ2) is 11.8. The maximum Gasteiger partial charge on any atom is 0.410 e. The number of carbonyl (C=O) groups excluding carboxylic acids is 3. The van der Waals surface area contributed by atoms with Crippen LogP contribution in [0.25, 0.3) is 0 Å². The lowest BCUT2D eigenvalue weighted by atomic mass is 9.83. The van der Waals surface area contributed by atoms with Gasteiger partial charge >= 0.3 is 6.09 Å². The van der Waals surface area contributed by atoms with Crippen LogP contribution in [0.3, 0.4) is 0 Å². The summed E-state index contributed by atoms with van der Waals surface area (Å²) < 4.78 is 4.79. The van der Waals surface area contributed by atoms with Crippen molar-refractivity contribution in [1.82, 2.24) is 25.5 Å². The fraction of sp³-hybridized carbons (Fsp3) is 0.611. The van der Waals surface area contributed by atoms with Crippen LogP contribution in [0, 0.1) is 5.92 Å². The molecule has 2 heterocycles. The zero-order chi connectivity index (χ0) is 21.9. The van der Waals surface area contributed by atoms with Gasteiger partial charge in [-0.15, -0.1) is 0 Å². The Morgan fingerprint density at radius 3 is 2.80 bits per heavy atom. The summed E-state index contributed by atoms with van der Waals surface area (Å²) in [5.74, 6) is 0.0830. The minimum absolute atomic E-state index is 0.0872. The van der Waals surface area contributed by atoms with Gasteiger partial charge in [0, 0.05) is 31.3 Å². The summed E-state index contributed by atoms with van der Waals surface area (Å²) in [6.45, 7) is 0.764. The highest BCUT2D eigenvalue weighted by molar-refractivity contribution is 5.83. The molecule has 3 amide bonds. The number of H-pyrrole nitrogens is 1. The molecule has 2 fully saturated rings. The standard InChI is InChI=1S/C17H25N5O5.CH2O2/c23-13-2-1-11(16(25)20-4-3-14-18-5-6-19-14)9-12(13)21-15(24)10-22-7-8-27-17(22)26;2-1-3/h5-6,11-13,23H,1-4,7-10H2,(H,18,19)(H,20,25)(H,21,24);1H,(H,2,3)/t11-,12+,13+;/m0./s1. The summed E-state index contributed by atoms with van der Waals surface area (Å²) in [5, 5.41) is 22.7. The van der Waals surface area contributed by atoms with Crippen molar-refractivity contribution in [3.8, 4) is 0 Å². The fourth-order valence-electron chi connectivity index (χ4n) is 3.43. The molecule has 166 valence electrons. The number of aromatic amines is 1. The molecule has 30 heavy (non-hydrogen) atoms. The molecule has 3 atom stereocenters. The number of carboxylic acid groups (broad SMARTS) is 1. The number of hydrogen-bond acceptors (Lipinski definition) is 7. The number of nitrogens with zero attached hydrogens (tertiary/aromatic N) is 2. The Labute approximate surface area is 173 Å². The van der Waals surface area contributed by atoms with Gasteiger partial charge in [-0.2, -0.15) is 0 Å². The molecule has 12 heteroatoms. The molecule has 3 rings (SSSR count). The summed E-state index contributed by atoms with van der Waals surface area (Å²) in [5.41, 5.74) is 0. The molecule has 1 aromatic heterocycles. The van der Waals surface area contributed by atoms with E-state index in [1.165, 1.54) is 4.90 Å². The van der Waals surface area contributed by atoms with E-state index in [0.29, 0.717) is 38.8 Å². The van der Waals surface area contributed by atoms with Crippen LogP contribution in [0.2, 0.25) is 0 Å². The van der Waals surface area contributed by atoms with Crippen molar-refractivity contribution < 1.29 is 34.1 Å². The van der Waals surface area contributed by atoms with Gasteiger partial charge in [-0.3, -0.25) is 19.3 Å². The molecule has 1 aliphatic heterocycles. The number of nitrogens with one attached hydrogen (secondary N) is 3. The largest absolute Gasteiger partial charge is 0.483 e. The summed E-state index contributed by atoms with van der Waals surface area (Å²) in [6, 6.07) is -0.509. The Kier molecular flexibility index (Phi) is 9.06. The van der Waals surface area contributed by atoms with Crippen LogP contribution in [-0.2, 0) is 25.5 Å². The van der Waals surface area contributed by atoms with Gasteiger partial charge in [0.05, 0.1) is 18.7 Å². The van der Waals surface area contributed by atoms with Crippen LogP contribution in [0.1, 0.15) is 25.1 Å². The quantitative estimate of drug-likeness (QED) is 0.341. The minimum atomic E-state index is -0.702. The Morgan fingerprint density at radius 2 is 2.17 bits per heavy atom. The number of aliphatic hydroxyl groups is 1. The lowest BCUT2D eigenvalue weighted by Gasteiger charge is -2.33. The van der Waals surface area contributed by atoms with E-state index in [2.05, 4.69) is 20.6 Å². The van der Waals surface area contributed by atoms with Gasteiger partial charge in [0.25, 0.3) is 6.47 Å². The first-order valence-corrected chi connectivity index (χ1v) is 9.67. The SMILES string of the molecule is O=C(CN1CCOC1=O)N[C@@H]1C[C@@H](C(=O)NCCc2ncc[nH]2)CC[C@H]1O.O=CO. The highest BCUT2D eigenvalue weighted by atomic mass is 16.6. The monoisotopic (exact) mass is 425 g/mol. The summed E-state index contributed by atoms with van der Waals surface area (Å²) >= 11 is 0. The van der Waals surface area contributed by atoms with E-state index in [-0.39, 0.29) is 37.4 Å². The highest BCUT2D eigenvalue weighted by Gasteiger charge is 2.34. The number of hydrogen-bond donors (Lipinski definition) is 5. The van der Waals surface area contributed by atoms with E-state index < -0.39 is 18.2 Å². The molecule has 1 aliphatic carbocycles. The minimum Gasteiger partial charge on any atom is -0.483 e. The lowest BCUT2D eigenvalue weighted by molar-refractivity contribution is -0.129. The number of cyclic esters (lactones) is 1. The number of carbonyl (C=O) groups is 4. The van der Waals surface area contributed by atoms with E-state index in [4.69, 9.17) is 14.6 Å². The molecular formula is C18H27N5O7. The predicted molar refractivity (Wildman–Crippen MR) is 102 cm³/mol. The molecule has 0 bridgehead atoms. The molecule has 12 nitrogen and oxygen atoms in total. The molecule has 1 saturated heterocycles. The van der Waals surface area contributed by atoms with Gasteiger partial charge in [-0.25, -0.2) is 9.78 Å². The number of amides is 3. The zero-order valence-electron chi connectivity index (χ0n) is 16.5. The average molecular weight is 425 g/mol. The van der Waals surface area contributed by atoms with Crippen LogP contribution in [-0.4, -0.2) is 87.8 Å². The maximum absolute atomic E-state index is 12.4. The number of aliphatic hydroxyl groups excluding tert-OH is 1. The highest BCUT2D eigenvalue weighted by Crippen LogP contribution is 2.25. The fourth-order valence-corrected chi connectivity index (χ4v) is 3.43. The molecule has 0 radical (unpaired) electrons. The van der Waals surface area contributed by atoms with Gasteiger partial charge in [0.15, 0.2) is 0 Å². The van der Waals surface area contributed by atoms with E-state index in [1.54, 1.807) is 12.4 Å². The van der Waals surface area contributed by atoms with Crippen molar-refractivity contribution in [2.24, 2.45) is 5.92 Å². The van der Waals surface area contributed by atoms with E-state index >= 15 is 0 Å². The Bertz CT molecular complexity index is 712.